The van der Waals surface area contributed by atoms with Crippen LogP contribution >= 0.6 is 0 Å². The number of nitriles is 1. The monoisotopic (exact) mass is 271 g/mol. The number of carbonyl (C=O) groups excluding carboxylic acids is 1. The zero-order valence-electron chi connectivity index (χ0n) is 10.2. The number of hydrogen-bond donors (Lipinski definition) is 1. The van der Waals surface area contributed by atoms with Gasteiger partial charge >= 0.3 is 5.88 Å². The molecule has 1 aromatic carbocycles. The van der Waals surface area contributed by atoms with E-state index in [2.05, 4.69) is 5.32 Å². The van der Waals surface area contributed by atoms with Gasteiger partial charge in [-0.15, -0.1) is 0 Å². The first-order valence-electron chi connectivity index (χ1n) is 5.61. The standard InChI is InChI=1S/C13H9N3O4/c14-7-9-1-3-10(4-2-9)8-15-13(17)11-5-6-12(20-11)16(18)19/h1-6H,8H2,(H,15,17). The fourth-order valence-corrected chi connectivity index (χ4v) is 1.51. The van der Waals surface area contributed by atoms with Gasteiger partial charge in [0.2, 0.25) is 0 Å². The first kappa shape index (κ1) is 13.3. The minimum absolute atomic E-state index is 0.120. The summed E-state index contributed by atoms with van der Waals surface area (Å²) in [5.74, 6) is -1.14. The van der Waals surface area contributed by atoms with Crippen molar-refractivity contribution in [2.45, 2.75) is 6.54 Å². The summed E-state index contributed by atoms with van der Waals surface area (Å²) in [7, 11) is 0. The van der Waals surface area contributed by atoms with E-state index in [1.807, 2.05) is 6.07 Å². The summed E-state index contributed by atoms with van der Waals surface area (Å²) in [4.78, 5) is 21.4. The molecule has 1 heterocycles. The van der Waals surface area contributed by atoms with Gasteiger partial charge in [-0.3, -0.25) is 14.9 Å². The molecular formula is C13H9N3O4. The van der Waals surface area contributed by atoms with Crippen molar-refractivity contribution in [1.82, 2.24) is 5.32 Å². The number of nitrogens with zero attached hydrogens (tertiary/aromatic N) is 2. The van der Waals surface area contributed by atoms with E-state index in [1.165, 1.54) is 6.07 Å². The Kier molecular flexibility index (Phi) is 3.77. The number of rotatable bonds is 4. The molecule has 1 amide bonds. The van der Waals surface area contributed by atoms with Gasteiger partial charge in [0.05, 0.1) is 17.7 Å². The highest BCUT2D eigenvalue weighted by Gasteiger charge is 2.16. The van der Waals surface area contributed by atoms with E-state index in [1.54, 1.807) is 24.3 Å². The summed E-state index contributed by atoms with van der Waals surface area (Å²) < 4.78 is 4.78. The Labute approximate surface area is 113 Å². The summed E-state index contributed by atoms with van der Waals surface area (Å²) >= 11 is 0. The molecule has 7 nitrogen and oxygen atoms in total. The van der Waals surface area contributed by atoms with Crippen LogP contribution in [0.5, 0.6) is 0 Å². The number of nitrogens with one attached hydrogen (secondary N) is 1. The molecule has 2 rings (SSSR count). The number of carbonyl (C=O) groups is 1. The van der Waals surface area contributed by atoms with Crippen LogP contribution in [0.15, 0.2) is 40.8 Å². The topological polar surface area (TPSA) is 109 Å². The van der Waals surface area contributed by atoms with Gasteiger partial charge in [0, 0.05) is 6.54 Å². The summed E-state index contributed by atoms with van der Waals surface area (Å²) in [6.45, 7) is 0.235. The zero-order chi connectivity index (χ0) is 14.5. The number of hydrogen-bond acceptors (Lipinski definition) is 5. The average molecular weight is 271 g/mol. The normalized spacial score (nSPS) is 9.75. The molecule has 0 fully saturated rings. The number of amides is 1. The molecule has 0 aliphatic rings. The van der Waals surface area contributed by atoms with Crippen LogP contribution in [0.3, 0.4) is 0 Å². The Morgan fingerprint density at radius 3 is 2.55 bits per heavy atom. The summed E-state index contributed by atoms with van der Waals surface area (Å²) in [5.41, 5.74) is 1.33. The van der Waals surface area contributed by atoms with Gasteiger partial charge in [0.25, 0.3) is 5.91 Å². The van der Waals surface area contributed by atoms with E-state index < -0.39 is 16.7 Å². The van der Waals surface area contributed by atoms with Gasteiger partial charge in [-0.2, -0.15) is 5.26 Å². The lowest BCUT2D eigenvalue weighted by Crippen LogP contribution is -2.22. The molecule has 1 aromatic heterocycles. The maximum Gasteiger partial charge on any atom is 0.433 e. The van der Waals surface area contributed by atoms with Gasteiger partial charge < -0.3 is 9.73 Å². The SMILES string of the molecule is N#Cc1ccc(CNC(=O)c2ccc([N+](=O)[O-])o2)cc1. The van der Waals surface area contributed by atoms with Crippen LogP contribution in [-0.2, 0) is 6.54 Å². The summed E-state index contributed by atoms with van der Waals surface area (Å²) in [5, 5.41) is 21.7. The first-order chi connectivity index (χ1) is 9.60. The Morgan fingerprint density at radius 1 is 1.30 bits per heavy atom. The maximum absolute atomic E-state index is 11.7. The highest BCUT2D eigenvalue weighted by molar-refractivity contribution is 5.91. The van der Waals surface area contributed by atoms with E-state index in [0.717, 1.165) is 11.6 Å². The molecule has 7 heteroatoms. The predicted molar refractivity (Wildman–Crippen MR) is 67.7 cm³/mol. The van der Waals surface area contributed by atoms with E-state index >= 15 is 0 Å². The minimum Gasteiger partial charge on any atom is -0.395 e. The fourth-order valence-electron chi connectivity index (χ4n) is 1.51. The predicted octanol–water partition coefficient (Wildman–Crippen LogP) is 1.99. The molecule has 1 N–H and O–H groups in total. The molecule has 0 bridgehead atoms. The molecule has 0 aliphatic heterocycles. The maximum atomic E-state index is 11.7. The first-order valence-corrected chi connectivity index (χ1v) is 5.61. The minimum atomic E-state index is -0.711. The van der Waals surface area contributed by atoms with Crippen LogP contribution < -0.4 is 5.32 Å². The van der Waals surface area contributed by atoms with Crippen molar-refractivity contribution in [3.05, 3.63) is 63.4 Å². The molecule has 0 aliphatic carbocycles. The van der Waals surface area contributed by atoms with Crippen molar-refractivity contribution in [1.29, 1.82) is 5.26 Å². The summed E-state index contributed by atoms with van der Waals surface area (Å²) in [6, 6.07) is 11.1. The molecule has 0 saturated carbocycles. The second kappa shape index (κ2) is 5.67. The van der Waals surface area contributed by atoms with Crippen LogP contribution in [0.4, 0.5) is 5.88 Å². The molecule has 0 unspecified atom stereocenters. The second-order valence-electron chi connectivity index (χ2n) is 3.89. The zero-order valence-corrected chi connectivity index (χ0v) is 10.2. The van der Waals surface area contributed by atoms with Crippen molar-refractivity contribution in [3.8, 4) is 6.07 Å². The lowest BCUT2D eigenvalue weighted by molar-refractivity contribution is -0.402. The van der Waals surface area contributed by atoms with Crippen LogP contribution in [0, 0.1) is 21.4 Å². The van der Waals surface area contributed by atoms with Crippen molar-refractivity contribution >= 4 is 11.8 Å². The van der Waals surface area contributed by atoms with Crippen molar-refractivity contribution < 1.29 is 14.1 Å². The Balaban J connectivity index is 1.97. The van der Waals surface area contributed by atoms with Crippen molar-refractivity contribution in [2.75, 3.05) is 0 Å². The van der Waals surface area contributed by atoms with Crippen LogP contribution in [-0.4, -0.2) is 10.8 Å². The average Bonchev–Trinajstić information content (AvgIpc) is 2.95. The second-order valence-corrected chi connectivity index (χ2v) is 3.89. The molecule has 20 heavy (non-hydrogen) atoms. The molecule has 0 spiro atoms. The van der Waals surface area contributed by atoms with Gasteiger partial charge in [-0.05, 0) is 23.8 Å². The lowest BCUT2D eigenvalue weighted by atomic mass is 10.1. The Hall–Kier alpha value is -3.14. The molecular weight excluding hydrogens is 262 g/mol. The molecule has 100 valence electrons. The smallest absolute Gasteiger partial charge is 0.395 e. The highest BCUT2D eigenvalue weighted by Crippen LogP contribution is 2.15. The van der Waals surface area contributed by atoms with Gasteiger partial charge in [-0.1, -0.05) is 12.1 Å². The molecule has 2 aromatic rings. The number of benzene rings is 1. The Morgan fingerprint density at radius 2 is 2.00 bits per heavy atom. The van der Waals surface area contributed by atoms with E-state index in [9.17, 15) is 14.9 Å². The van der Waals surface area contributed by atoms with Crippen LogP contribution in [0.1, 0.15) is 21.7 Å². The van der Waals surface area contributed by atoms with Crippen molar-refractivity contribution in [3.63, 3.8) is 0 Å². The van der Waals surface area contributed by atoms with Gasteiger partial charge in [0.15, 0.2) is 5.76 Å². The molecule has 0 radical (unpaired) electrons. The van der Waals surface area contributed by atoms with Gasteiger partial charge in [0.1, 0.15) is 4.92 Å². The van der Waals surface area contributed by atoms with Crippen LogP contribution in [0.25, 0.3) is 0 Å². The molecule has 0 saturated heterocycles. The lowest BCUT2D eigenvalue weighted by Gasteiger charge is -2.03. The van der Waals surface area contributed by atoms with Crippen LogP contribution in [0.2, 0.25) is 0 Å². The fraction of sp³-hybridized carbons (Fsp3) is 0.0769. The summed E-state index contributed by atoms with van der Waals surface area (Å²) in [6.07, 6.45) is 0. The highest BCUT2D eigenvalue weighted by atomic mass is 16.6. The Bertz CT molecular complexity index is 682. The van der Waals surface area contributed by atoms with Gasteiger partial charge in [-0.25, -0.2) is 0 Å². The number of furan rings is 1. The van der Waals surface area contributed by atoms with Crippen molar-refractivity contribution in [2.24, 2.45) is 0 Å². The van der Waals surface area contributed by atoms with E-state index in [-0.39, 0.29) is 12.3 Å². The quantitative estimate of drug-likeness (QED) is 0.675. The van der Waals surface area contributed by atoms with E-state index in [4.69, 9.17) is 9.68 Å². The molecule has 0 atom stereocenters. The number of nitro groups is 1. The largest absolute Gasteiger partial charge is 0.433 e. The third-order valence-electron chi connectivity index (χ3n) is 2.53. The van der Waals surface area contributed by atoms with E-state index in [0.29, 0.717) is 5.56 Å². The third kappa shape index (κ3) is 3.00. The third-order valence-corrected chi connectivity index (χ3v) is 2.53.